The maximum Gasteiger partial charge on any atom is 0.252 e. The number of carbonyl (C=O) groups excluding carboxylic acids is 1. The summed E-state index contributed by atoms with van der Waals surface area (Å²) in [5, 5.41) is 2.84. The molecule has 0 atom stereocenters. The maximum atomic E-state index is 12.3. The van der Waals surface area contributed by atoms with E-state index >= 15 is 0 Å². The smallest absolute Gasteiger partial charge is 0.252 e. The third-order valence-corrected chi connectivity index (χ3v) is 4.38. The zero-order valence-corrected chi connectivity index (χ0v) is 16.7. The Labute approximate surface area is 171 Å². The van der Waals surface area contributed by atoms with Crippen LogP contribution in [0.4, 0.5) is 5.82 Å². The Morgan fingerprint density at radius 1 is 1.00 bits per heavy atom. The average molecular weight is 391 g/mol. The lowest BCUT2D eigenvalue weighted by Gasteiger charge is -2.18. The van der Waals surface area contributed by atoms with Crippen molar-refractivity contribution in [3.05, 3.63) is 84.1 Å². The Morgan fingerprint density at radius 3 is 2.38 bits per heavy atom. The predicted octanol–water partition coefficient (Wildman–Crippen LogP) is 3.54. The minimum Gasteiger partial charge on any atom is -0.497 e. The number of nitrogens with zero attached hydrogens (tertiary/aromatic N) is 2. The van der Waals surface area contributed by atoms with Crippen molar-refractivity contribution in [3.63, 3.8) is 0 Å². The van der Waals surface area contributed by atoms with E-state index in [2.05, 4.69) is 22.4 Å². The summed E-state index contributed by atoms with van der Waals surface area (Å²) in [4.78, 5) is 18.7. The van der Waals surface area contributed by atoms with E-state index in [4.69, 9.17) is 9.47 Å². The summed E-state index contributed by atoms with van der Waals surface area (Å²) in [7, 11) is 3.60. The molecule has 0 bridgehead atoms. The number of aromatic nitrogens is 1. The van der Waals surface area contributed by atoms with Crippen LogP contribution < -0.4 is 19.7 Å². The van der Waals surface area contributed by atoms with Gasteiger partial charge in [-0.25, -0.2) is 4.98 Å². The average Bonchev–Trinajstić information content (AvgIpc) is 2.77. The van der Waals surface area contributed by atoms with Crippen LogP contribution in [0.5, 0.6) is 11.5 Å². The Kier molecular flexibility index (Phi) is 7.05. The highest BCUT2D eigenvalue weighted by Gasteiger charge is 2.08. The normalized spacial score (nSPS) is 10.3. The van der Waals surface area contributed by atoms with Crippen LogP contribution in [0.2, 0.25) is 0 Å². The van der Waals surface area contributed by atoms with Crippen molar-refractivity contribution >= 4 is 11.7 Å². The van der Waals surface area contributed by atoms with E-state index in [1.807, 2.05) is 60.5 Å². The third kappa shape index (κ3) is 5.97. The Bertz CT molecular complexity index is 897. The standard InChI is InChI=1S/C23H25N3O3/c1-26(17-18-6-4-3-5-7-18)22-13-8-19(16-25-22)23(27)24-14-15-29-21-11-9-20(28-2)10-12-21/h3-13,16H,14-15,17H2,1-2H3,(H,24,27). The van der Waals surface area contributed by atoms with Gasteiger partial charge in [-0.05, 0) is 42.0 Å². The summed E-state index contributed by atoms with van der Waals surface area (Å²) in [6.45, 7) is 1.53. The van der Waals surface area contributed by atoms with E-state index in [-0.39, 0.29) is 5.91 Å². The molecule has 1 heterocycles. The molecule has 0 saturated heterocycles. The van der Waals surface area contributed by atoms with Gasteiger partial charge in [0.05, 0.1) is 19.2 Å². The van der Waals surface area contributed by atoms with Gasteiger partial charge in [0.1, 0.15) is 23.9 Å². The molecule has 0 aliphatic rings. The fourth-order valence-corrected chi connectivity index (χ4v) is 2.79. The molecule has 29 heavy (non-hydrogen) atoms. The SMILES string of the molecule is COc1ccc(OCCNC(=O)c2ccc(N(C)Cc3ccccc3)nc2)cc1. The summed E-state index contributed by atoms with van der Waals surface area (Å²) < 4.78 is 10.7. The van der Waals surface area contributed by atoms with Gasteiger partial charge in [0.2, 0.25) is 0 Å². The van der Waals surface area contributed by atoms with Gasteiger partial charge in [0, 0.05) is 19.8 Å². The van der Waals surface area contributed by atoms with Crippen LogP contribution in [0.1, 0.15) is 15.9 Å². The summed E-state index contributed by atoms with van der Waals surface area (Å²) in [5.41, 5.74) is 1.72. The molecule has 3 rings (SSSR count). The number of hydrogen-bond acceptors (Lipinski definition) is 5. The molecule has 6 heteroatoms. The van der Waals surface area contributed by atoms with Crippen LogP contribution in [0.3, 0.4) is 0 Å². The van der Waals surface area contributed by atoms with E-state index in [0.717, 1.165) is 23.9 Å². The van der Waals surface area contributed by atoms with Crippen LogP contribution in [0, 0.1) is 0 Å². The van der Waals surface area contributed by atoms with Gasteiger partial charge in [-0.15, -0.1) is 0 Å². The largest absolute Gasteiger partial charge is 0.497 e. The molecule has 0 spiro atoms. The van der Waals surface area contributed by atoms with E-state index in [1.165, 1.54) is 5.56 Å². The van der Waals surface area contributed by atoms with Crippen molar-refractivity contribution in [2.24, 2.45) is 0 Å². The highest BCUT2D eigenvalue weighted by molar-refractivity contribution is 5.94. The second-order valence-corrected chi connectivity index (χ2v) is 6.53. The van der Waals surface area contributed by atoms with Gasteiger partial charge in [-0.3, -0.25) is 4.79 Å². The molecule has 1 N–H and O–H groups in total. The molecular formula is C23H25N3O3. The Balaban J connectivity index is 1.44. The number of nitrogens with one attached hydrogen (secondary N) is 1. The predicted molar refractivity (Wildman–Crippen MR) is 114 cm³/mol. The second kappa shape index (κ2) is 10.1. The van der Waals surface area contributed by atoms with Crippen LogP contribution >= 0.6 is 0 Å². The molecule has 0 aliphatic carbocycles. The molecule has 3 aromatic rings. The molecular weight excluding hydrogens is 366 g/mol. The molecule has 1 amide bonds. The minimum atomic E-state index is -0.173. The number of carbonyl (C=O) groups is 1. The molecule has 0 saturated carbocycles. The number of rotatable bonds is 9. The van der Waals surface area contributed by atoms with Crippen LogP contribution in [0.25, 0.3) is 0 Å². The van der Waals surface area contributed by atoms with Crippen LogP contribution in [0.15, 0.2) is 72.9 Å². The first-order valence-electron chi connectivity index (χ1n) is 9.42. The quantitative estimate of drug-likeness (QED) is 0.566. The molecule has 6 nitrogen and oxygen atoms in total. The highest BCUT2D eigenvalue weighted by Crippen LogP contribution is 2.17. The van der Waals surface area contributed by atoms with Crippen LogP contribution in [-0.4, -0.2) is 38.2 Å². The molecule has 1 aromatic heterocycles. The summed E-state index contributed by atoms with van der Waals surface area (Å²) in [6, 6.07) is 21.1. The van der Waals surface area contributed by atoms with Crippen molar-refractivity contribution in [1.29, 1.82) is 0 Å². The Hall–Kier alpha value is -3.54. The first kappa shape index (κ1) is 20.2. The first-order chi connectivity index (χ1) is 14.2. The number of pyridine rings is 1. The van der Waals surface area contributed by atoms with Gasteiger partial charge in [-0.2, -0.15) is 0 Å². The number of anilines is 1. The van der Waals surface area contributed by atoms with Gasteiger partial charge in [-0.1, -0.05) is 30.3 Å². The van der Waals surface area contributed by atoms with Crippen LogP contribution in [-0.2, 0) is 6.54 Å². The molecule has 0 fully saturated rings. The lowest BCUT2D eigenvalue weighted by atomic mass is 10.2. The maximum absolute atomic E-state index is 12.3. The highest BCUT2D eigenvalue weighted by atomic mass is 16.5. The van der Waals surface area contributed by atoms with Gasteiger partial charge >= 0.3 is 0 Å². The van der Waals surface area contributed by atoms with E-state index in [9.17, 15) is 4.79 Å². The van der Waals surface area contributed by atoms with E-state index in [1.54, 1.807) is 19.4 Å². The van der Waals surface area contributed by atoms with Gasteiger partial charge in [0.15, 0.2) is 0 Å². The molecule has 0 radical (unpaired) electrons. The van der Waals surface area contributed by atoms with E-state index in [0.29, 0.717) is 18.7 Å². The zero-order valence-electron chi connectivity index (χ0n) is 16.7. The van der Waals surface area contributed by atoms with Gasteiger partial charge in [0.25, 0.3) is 5.91 Å². The first-order valence-corrected chi connectivity index (χ1v) is 9.42. The van der Waals surface area contributed by atoms with Gasteiger partial charge < -0.3 is 19.7 Å². The summed E-state index contributed by atoms with van der Waals surface area (Å²) in [5.74, 6) is 2.14. The monoisotopic (exact) mass is 391 g/mol. The zero-order chi connectivity index (χ0) is 20.5. The molecule has 2 aromatic carbocycles. The summed E-state index contributed by atoms with van der Waals surface area (Å²) in [6.07, 6.45) is 1.59. The topological polar surface area (TPSA) is 63.7 Å². The van der Waals surface area contributed by atoms with Crippen molar-refractivity contribution in [3.8, 4) is 11.5 Å². The number of ether oxygens (including phenoxy) is 2. The fraction of sp³-hybridized carbons (Fsp3) is 0.217. The number of benzene rings is 2. The molecule has 0 unspecified atom stereocenters. The third-order valence-electron chi connectivity index (χ3n) is 4.38. The second-order valence-electron chi connectivity index (χ2n) is 6.53. The summed E-state index contributed by atoms with van der Waals surface area (Å²) >= 11 is 0. The minimum absolute atomic E-state index is 0.173. The number of amides is 1. The van der Waals surface area contributed by atoms with E-state index < -0.39 is 0 Å². The number of hydrogen-bond donors (Lipinski definition) is 1. The van der Waals surface area contributed by atoms with Crippen molar-refractivity contribution in [2.75, 3.05) is 32.2 Å². The van der Waals surface area contributed by atoms with Crippen molar-refractivity contribution < 1.29 is 14.3 Å². The molecule has 0 aliphatic heterocycles. The Morgan fingerprint density at radius 2 is 1.72 bits per heavy atom. The molecule has 150 valence electrons. The fourth-order valence-electron chi connectivity index (χ4n) is 2.79. The lowest BCUT2D eigenvalue weighted by molar-refractivity contribution is 0.0946. The number of methoxy groups -OCH3 is 1. The van der Waals surface area contributed by atoms with Crippen molar-refractivity contribution in [1.82, 2.24) is 10.3 Å². The lowest BCUT2D eigenvalue weighted by Crippen LogP contribution is -2.28. The van der Waals surface area contributed by atoms with Crippen molar-refractivity contribution in [2.45, 2.75) is 6.54 Å².